The molecule has 8 heteroatoms. The molecule has 0 unspecified atom stereocenters. The highest BCUT2D eigenvalue weighted by atomic mass is 16.6. The minimum atomic E-state index is -0.468. The van der Waals surface area contributed by atoms with Gasteiger partial charge >= 0.3 is 6.09 Å². The molecule has 0 aliphatic carbocycles. The second-order valence-corrected chi connectivity index (χ2v) is 5.43. The van der Waals surface area contributed by atoms with E-state index in [0.717, 1.165) is 0 Å². The van der Waals surface area contributed by atoms with Crippen molar-refractivity contribution in [3.05, 3.63) is 39.4 Å². The van der Waals surface area contributed by atoms with Gasteiger partial charge in [0, 0.05) is 36.8 Å². The summed E-state index contributed by atoms with van der Waals surface area (Å²) in [4.78, 5) is 37.6. The molecule has 22 heavy (non-hydrogen) atoms. The summed E-state index contributed by atoms with van der Waals surface area (Å²) in [6.07, 6.45) is -0.330. The molecule has 2 aliphatic heterocycles. The number of fused-ring (bicyclic) bond motifs is 1. The molecule has 8 nitrogen and oxygen atoms in total. The highest BCUT2D eigenvalue weighted by molar-refractivity contribution is 5.95. The van der Waals surface area contributed by atoms with Crippen molar-refractivity contribution >= 4 is 17.7 Å². The number of cyclic esters (lactones) is 1. The lowest BCUT2D eigenvalue weighted by atomic mass is 10.1. The summed E-state index contributed by atoms with van der Waals surface area (Å²) < 4.78 is 4.97. The maximum absolute atomic E-state index is 12.5. The number of nitro benzene ring substituents is 1. The Balaban J connectivity index is 1.76. The van der Waals surface area contributed by atoms with Crippen LogP contribution in [0.5, 0.6) is 0 Å². The summed E-state index contributed by atoms with van der Waals surface area (Å²) in [5.74, 6) is -0.183. The maximum atomic E-state index is 12.5. The molecule has 1 aromatic rings. The zero-order valence-corrected chi connectivity index (χ0v) is 12.0. The van der Waals surface area contributed by atoms with E-state index in [9.17, 15) is 19.7 Å². The highest BCUT2D eigenvalue weighted by Gasteiger charge is 2.38. The Kier molecular flexibility index (Phi) is 3.44. The van der Waals surface area contributed by atoms with Crippen LogP contribution in [-0.2, 0) is 4.74 Å². The number of carbonyl (C=O) groups excluding carboxylic acids is 2. The Labute approximate surface area is 126 Å². The monoisotopic (exact) mass is 305 g/mol. The summed E-state index contributed by atoms with van der Waals surface area (Å²) in [5, 5.41) is 10.8. The third kappa shape index (κ3) is 2.36. The van der Waals surface area contributed by atoms with Crippen LogP contribution < -0.4 is 0 Å². The molecule has 2 saturated heterocycles. The third-order valence-electron chi connectivity index (χ3n) is 4.04. The van der Waals surface area contributed by atoms with Gasteiger partial charge in [0.15, 0.2) is 0 Å². The smallest absolute Gasteiger partial charge is 0.410 e. The number of hydrogen-bond acceptors (Lipinski definition) is 5. The van der Waals surface area contributed by atoms with E-state index in [4.69, 9.17) is 4.74 Å². The van der Waals surface area contributed by atoms with Gasteiger partial charge in [-0.2, -0.15) is 0 Å². The van der Waals surface area contributed by atoms with E-state index in [0.29, 0.717) is 37.4 Å². The highest BCUT2D eigenvalue weighted by Crippen LogP contribution is 2.22. The largest absolute Gasteiger partial charge is 0.447 e. The van der Waals surface area contributed by atoms with Crippen LogP contribution in [0, 0.1) is 17.0 Å². The van der Waals surface area contributed by atoms with Crippen molar-refractivity contribution in [2.75, 3.05) is 26.2 Å². The second kappa shape index (κ2) is 5.28. The first-order valence-corrected chi connectivity index (χ1v) is 6.95. The van der Waals surface area contributed by atoms with E-state index >= 15 is 0 Å². The van der Waals surface area contributed by atoms with Crippen molar-refractivity contribution < 1.29 is 19.2 Å². The van der Waals surface area contributed by atoms with Crippen LogP contribution in [0.15, 0.2) is 18.2 Å². The van der Waals surface area contributed by atoms with Crippen LogP contribution in [0.1, 0.15) is 15.9 Å². The molecule has 2 amide bonds. The van der Waals surface area contributed by atoms with Gasteiger partial charge < -0.3 is 9.64 Å². The first-order chi connectivity index (χ1) is 10.5. The fourth-order valence-corrected chi connectivity index (χ4v) is 2.85. The van der Waals surface area contributed by atoms with Crippen molar-refractivity contribution in [1.29, 1.82) is 0 Å². The van der Waals surface area contributed by atoms with E-state index in [1.54, 1.807) is 16.7 Å². The van der Waals surface area contributed by atoms with E-state index in [-0.39, 0.29) is 23.7 Å². The molecular weight excluding hydrogens is 290 g/mol. The van der Waals surface area contributed by atoms with E-state index in [1.807, 2.05) is 0 Å². The molecule has 2 aliphatic rings. The van der Waals surface area contributed by atoms with Gasteiger partial charge in [-0.1, -0.05) is 0 Å². The summed E-state index contributed by atoms with van der Waals surface area (Å²) in [5.41, 5.74) is 0.867. The van der Waals surface area contributed by atoms with Gasteiger partial charge in [0.2, 0.25) is 0 Å². The number of rotatable bonds is 2. The molecule has 0 radical (unpaired) electrons. The Morgan fingerprint density at radius 2 is 2.18 bits per heavy atom. The van der Waals surface area contributed by atoms with Crippen LogP contribution >= 0.6 is 0 Å². The zero-order chi connectivity index (χ0) is 15.9. The Bertz CT molecular complexity index is 660. The lowest BCUT2D eigenvalue weighted by Crippen LogP contribution is -2.53. The average Bonchev–Trinajstić information content (AvgIpc) is 2.87. The number of ether oxygens (including phenoxy) is 1. The Morgan fingerprint density at radius 3 is 2.86 bits per heavy atom. The van der Waals surface area contributed by atoms with Gasteiger partial charge in [0.25, 0.3) is 11.6 Å². The molecule has 0 bridgehead atoms. The van der Waals surface area contributed by atoms with Gasteiger partial charge in [-0.05, 0) is 19.1 Å². The number of hydrogen-bond donors (Lipinski definition) is 0. The van der Waals surface area contributed by atoms with Crippen LogP contribution in [-0.4, -0.2) is 59.0 Å². The fraction of sp³-hybridized carbons (Fsp3) is 0.429. The van der Waals surface area contributed by atoms with Gasteiger partial charge in [0.1, 0.15) is 6.61 Å². The molecule has 2 fully saturated rings. The maximum Gasteiger partial charge on any atom is 0.410 e. The zero-order valence-electron chi connectivity index (χ0n) is 12.0. The quantitative estimate of drug-likeness (QED) is 0.604. The molecule has 0 spiro atoms. The number of benzene rings is 1. The Morgan fingerprint density at radius 1 is 1.41 bits per heavy atom. The number of amides is 2. The van der Waals surface area contributed by atoms with Crippen molar-refractivity contribution in [1.82, 2.24) is 9.80 Å². The molecule has 2 heterocycles. The lowest BCUT2D eigenvalue weighted by molar-refractivity contribution is -0.385. The number of nitrogens with zero attached hydrogens (tertiary/aromatic N) is 3. The van der Waals surface area contributed by atoms with E-state index in [1.165, 1.54) is 18.2 Å². The molecule has 1 atom stereocenters. The number of carbonyl (C=O) groups is 2. The second-order valence-electron chi connectivity index (χ2n) is 5.43. The van der Waals surface area contributed by atoms with E-state index < -0.39 is 4.92 Å². The van der Waals surface area contributed by atoms with Crippen molar-refractivity contribution in [3.8, 4) is 0 Å². The molecule has 3 rings (SSSR count). The first-order valence-electron chi connectivity index (χ1n) is 6.95. The molecule has 0 aromatic heterocycles. The molecule has 1 aromatic carbocycles. The van der Waals surface area contributed by atoms with Crippen molar-refractivity contribution in [2.24, 2.45) is 0 Å². The molecule has 0 saturated carbocycles. The van der Waals surface area contributed by atoms with Gasteiger partial charge in [-0.25, -0.2) is 4.79 Å². The normalized spacial score (nSPS) is 20.6. The average molecular weight is 305 g/mol. The topological polar surface area (TPSA) is 93.0 Å². The standard InChI is InChI=1S/C14H15N3O5/c1-9-6-10(2-3-12(9)17(20)21)13(18)15-4-5-16-11(7-15)8-22-14(16)19/h2-3,6,11H,4-5,7-8H2,1H3/t11-/m1/s1. The predicted molar refractivity (Wildman–Crippen MR) is 75.6 cm³/mol. The molecule has 0 N–H and O–H groups in total. The minimum Gasteiger partial charge on any atom is -0.447 e. The number of piperazine rings is 1. The first kappa shape index (κ1) is 14.3. The molecular formula is C14H15N3O5. The summed E-state index contributed by atoms with van der Waals surface area (Å²) >= 11 is 0. The Hall–Kier alpha value is -2.64. The van der Waals surface area contributed by atoms with Gasteiger partial charge in [0.05, 0.1) is 11.0 Å². The summed E-state index contributed by atoms with van der Waals surface area (Å²) in [7, 11) is 0. The van der Waals surface area contributed by atoms with E-state index in [2.05, 4.69) is 0 Å². The minimum absolute atomic E-state index is 0.00356. The molecule has 116 valence electrons. The van der Waals surface area contributed by atoms with Crippen LogP contribution in [0.4, 0.5) is 10.5 Å². The predicted octanol–water partition coefficient (Wildman–Crippen LogP) is 1.18. The van der Waals surface area contributed by atoms with Crippen LogP contribution in [0.25, 0.3) is 0 Å². The van der Waals surface area contributed by atoms with Crippen LogP contribution in [0.2, 0.25) is 0 Å². The number of nitro groups is 1. The van der Waals surface area contributed by atoms with Gasteiger partial charge in [-0.3, -0.25) is 19.8 Å². The van der Waals surface area contributed by atoms with Crippen molar-refractivity contribution in [2.45, 2.75) is 13.0 Å². The third-order valence-corrected chi connectivity index (χ3v) is 4.04. The number of aryl methyl sites for hydroxylation is 1. The van der Waals surface area contributed by atoms with Crippen molar-refractivity contribution in [3.63, 3.8) is 0 Å². The van der Waals surface area contributed by atoms with Gasteiger partial charge in [-0.15, -0.1) is 0 Å². The van der Waals surface area contributed by atoms with Crippen LogP contribution in [0.3, 0.4) is 0 Å². The summed E-state index contributed by atoms with van der Waals surface area (Å²) in [6.45, 7) is 3.19. The summed E-state index contributed by atoms with van der Waals surface area (Å²) in [6, 6.07) is 4.24. The fourth-order valence-electron chi connectivity index (χ4n) is 2.85. The lowest BCUT2D eigenvalue weighted by Gasteiger charge is -2.35. The SMILES string of the molecule is Cc1cc(C(=O)N2CCN3C(=O)OC[C@H]3C2)ccc1[N+](=O)[O-].